The number of nitrogens with two attached hydrogens (primary N) is 1. The number of amides is 3. The average molecular weight is 417 g/mol. The molecule has 1 heterocycles. The molecule has 1 aliphatic rings. The normalized spacial score (nSPS) is 14.4. The molecule has 8 heteroatoms. The minimum absolute atomic E-state index is 0. The maximum atomic E-state index is 12.4. The fourth-order valence-corrected chi connectivity index (χ4v) is 3.04. The van der Waals surface area contributed by atoms with Crippen molar-refractivity contribution in [3.8, 4) is 0 Å². The van der Waals surface area contributed by atoms with Crippen LogP contribution in [0, 0.1) is 0 Å². The lowest BCUT2D eigenvalue weighted by atomic mass is 10.1. The first-order valence-electron chi connectivity index (χ1n) is 9.25. The Morgan fingerprint density at radius 3 is 2.41 bits per heavy atom. The number of hydrogen-bond acceptors (Lipinski definition) is 4. The summed E-state index contributed by atoms with van der Waals surface area (Å²) in [7, 11) is 0. The average Bonchev–Trinajstić information content (AvgIpc) is 2.72. The maximum Gasteiger partial charge on any atom is 0.254 e. The highest BCUT2D eigenvalue weighted by molar-refractivity contribution is 5.97. The minimum atomic E-state index is -0.617. The smallest absolute Gasteiger partial charge is 0.254 e. The molecule has 0 saturated carbocycles. The van der Waals surface area contributed by atoms with E-state index in [1.165, 1.54) is 4.90 Å². The Kier molecular flexibility index (Phi) is 8.18. The van der Waals surface area contributed by atoms with Gasteiger partial charge in [0, 0.05) is 25.2 Å². The van der Waals surface area contributed by atoms with Gasteiger partial charge in [-0.15, -0.1) is 12.4 Å². The van der Waals surface area contributed by atoms with Crippen molar-refractivity contribution in [3.63, 3.8) is 0 Å². The molecule has 2 aromatic carbocycles. The summed E-state index contributed by atoms with van der Waals surface area (Å²) in [5.41, 5.74) is 8.38. The number of hydrogen-bond donors (Lipinski definition) is 3. The molecule has 2 aromatic rings. The van der Waals surface area contributed by atoms with Crippen molar-refractivity contribution >= 4 is 30.1 Å². The van der Waals surface area contributed by atoms with Gasteiger partial charge in [-0.25, -0.2) is 0 Å². The molecule has 0 aromatic heterocycles. The summed E-state index contributed by atoms with van der Waals surface area (Å²) < 4.78 is 0. The molecular weight excluding hydrogens is 392 g/mol. The fourth-order valence-electron chi connectivity index (χ4n) is 3.04. The molecule has 0 bridgehead atoms. The largest absolute Gasteiger partial charge is 0.353 e. The van der Waals surface area contributed by atoms with Gasteiger partial charge in [0.05, 0.1) is 12.6 Å². The van der Waals surface area contributed by atoms with Crippen LogP contribution in [0.25, 0.3) is 0 Å². The Bertz CT molecular complexity index is 843. The lowest BCUT2D eigenvalue weighted by Crippen LogP contribution is -2.49. The Labute approximate surface area is 176 Å². The molecule has 29 heavy (non-hydrogen) atoms. The molecule has 154 valence electrons. The SMILES string of the molecule is Cl.N[C@@H](Cc1ccccc1)C(=O)NCc1ccc(C(=O)N2CCNC(=O)C2)cc1. The van der Waals surface area contributed by atoms with Gasteiger partial charge in [0.25, 0.3) is 5.91 Å². The Morgan fingerprint density at radius 2 is 1.76 bits per heavy atom. The van der Waals surface area contributed by atoms with Gasteiger partial charge in [-0.3, -0.25) is 14.4 Å². The predicted octanol–water partition coefficient (Wildman–Crippen LogP) is 0.867. The Hall–Kier alpha value is -2.90. The van der Waals surface area contributed by atoms with Crippen molar-refractivity contribution in [2.45, 2.75) is 19.0 Å². The number of nitrogens with one attached hydrogen (secondary N) is 2. The first-order chi connectivity index (χ1) is 13.5. The lowest BCUT2D eigenvalue weighted by Gasteiger charge is -2.26. The highest BCUT2D eigenvalue weighted by atomic mass is 35.5. The van der Waals surface area contributed by atoms with E-state index >= 15 is 0 Å². The van der Waals surface area contributed by atoms with E-state index in [2.05, 4.69) is 10.6 Å². The van der Waals surface area contributed by atoms with E-state index in [-0.39, 0.29) is 36.7 Å². The molecular formula is C21H25ClN4O3. The van der Waals surface area contributed by atoms with E-state index in [0.717, 1.165) is 11.1 Å². The van der Waals surface area contributed by atoms with Gasteiger partial charge in [-0.2, -0.15) is 0 Å². The highest BCUT2D eigenvalue weighted by Gasteiger charge is 2.22. The van der Waals surface area contributed by atoms with Crippen molar-refractivity contribution in [1.82, 2.24) is 15.5 Å². The van der Waals surface area contributed by atoms with Crippen molar-refractivity contribution in [3.05, 3.63) is 71.3 Å². The van der Waals surface area contributed by atoms with Crippen LogP contribution in [0.4, 0.5) is 0 Å². The fraction of sp³-hybridized carbons (Fsp3) is 0.286. The van der Waals surface area contributed by atoms with Gasteiger partial charge in [0.2, 0.25) is 11.8 Å². The summed E-state index contributed by atoms with van der Waals surface area (Å²) in [5.74, 6) is -0.538. The van der Waals surface area contributed by atoms with Crippen molar-refractivity contribution in [2.24, 2.45) is 5.73 Å². The molecule has 0 unspecified atom stereocenters. The second-order valence-corrected chi connectivity index (χ2v) is 6.79. The molecule has 0 aliphatic carbocycles. The third kappa shape index (κ3) is 6.30. The van der Waals surface area contributed by atoms with Crippen LogP contribution in [0.2, 0.25) is 0 Å². The molecule has 0 spiro atoms. The number of rotatable bonds is 6. The second-order valence-electron chi connectivity index (χ2n) is 6.79. The van der Waals surface area contributed by atoms with Crippen LogP contribution in [-0.2, 0) is 22.6 Å². The molecule has 1 aliphatic heterocycles. The summed E-state index contributed by atoms with van der Waals surface area (Å²) in [6, 6.07) is 16.0. The topological polar surface area (TPSA) is 105 Å². The zero-order valence-corrected chi connectivity index (χ0v) is 16.8. The van der Waals surface area contributed by atoms with Gasteiger partial charge < -0.3 is 21.3 Å². The number of benzene rings is 2. The number of piperazine rings is 1. The maximum absolute atomic E-state index is 12.4. The molecule has 7 nitrogen and oxygen atoms in total. The molecule has 3 rings (SSSR count). The monoisotopic (exact) mass is 416 g/mol. The zero-order valence-electron chi connectivity index (χ0n) is 16.0. The van der Waals surface area contributed by atoms with E-state index in [0.29, 0.717) is 31.6 Å². The molecule has 1 saturated heterocycles. The van der Waals surface area contributed by atoms with Crippen LogP contribution in [0.15, 0.2) is 54.6 Å². The van der Waals surface area contributed by atoms with Crippen molar-refractivity contribution in [2.75, 3.05) is 19.6 Å². The highest BCUT2D eigenvalue weighted by Crippen LogP contribution is 2.09. The zero-order chi connectivity index (χ0) is 19.9. The number of carbonyl (C=O) groups is 3. The summed E-state index contributed by atoms with van der Waals surface area (Å²) in [6.45, 7) is 1.39. The van der Waals surface area contributed by atoms with E-state index in [9.17, 15) is 14.4 Å². The van der Waals surface area contributed by atoms with Crippen LogP contribution >= 0.6 is 12.4 Å². The quantitative estimate of drug-likeness (QED) is 0.649. The first-order valence-corrected chi connectivity index (χ1v) is 9.25. The second kappa shape index (κ2) is 10.6. The third-order valence-corrected chi connectivity index (χ3v) is 4.63. The van der Waals surface area contributed by atoms with Crippen LogP contribution in [-0.4, -0.2) is 48.3 Å². The summed E-state index contributed by atoms with van der Waals surface area (Å²) in [5, 5.41) is 5.52. The summed E-state index contributed by atoms with van der Waals surface area (Å²) in [6.07, 6.45) is 0.476. The van der Waals surface area contributed by atoms with Crippen LogP contribution in [0.1, 0.15) is 21.5 Å². The Balaban J connectivity index is 0.00000300. The Morgan fingerprint density at radius 1 is 1.07 bits per heavy atom. The van der Waals surface area contributed by atoms with Crippen molar-refractivity contribution in [1.29, 1.82) is 0 Å². The van der Waals surface area contributed by atoms with Crippen molar-refractivity contribution < 1.29 is 14.4 Å². The van der Waals surface area contributed by atoms with Gasteiger partial charge >= 0.3 is 0 Å². The first kappa shape index (κ1) is 22.4. The molecule has 4 N–H and O–H groups in total. The molecule has 0 radical (unpaired) electrons. The third-order valence-electron chi connectivity index (χ3n) is 4.63. The van der Waals surface area contributed by atoms with E-state index in [1.807, 2.05) is 30.3 Å². The minimum Gasteiger partial charge on any atom is -0.353 e. The molecule has 3 amide bonds. The lowest BCUT2D eigenvalue weighted by molar-refractivity contribution is -0.123. The van der Waals surface area contributed by atoms with Crippen LogP contribution in [0.3, 0.4) is 0 Å². The van der Waals surface area contributed by atoms with Gasteiger partial charge in [-0.05, 0) is 29.7 Å². The number of carbonyl (C=O) groups excluding carboxylic acids is 3. The molecule has 1 atom stereocenters. The number of nitrogens with zero attached hydrogens (tertiary/aromatic N) is 1. The number of halogens is 1. The van der Waals surface area contributed by atoms with E-state index in [1.54, 1.807) is 24.3 Å². The predicted molar refractivity (Wildman–Crippen MR) is 113 cm³/mol. The van der Waals surface area contributed by atoms with Gasteiger partial charge in [0.15, 0.2) is 0 Å². The van der Waals surface area contributed by atoms with Crippen LogP contribution in [0.5, 0.6) is 0 Å². The van der Waals surface area contributed by atoms with Gasteiger partial charge in [0.1, 0.15) is 0 Å². The van der Waals surface area contributed by atoms with Gasteiger partial charge in [-0.1, -0.05) is 42.5 Å². The summed E-state index contributed by atoms with van der Waals surface area (Å²) >= 11 is 0. The molecule has 1 fully saturated rings. The van der Waals surface area contributed by atoms with E-state index in [4.69, 9.17) is 5.73 Å². The van der Waals surface area contributed by atoms with Crippen LogP contribution < -0.4 is 16.4 Å². The van der Waals surface area contributed by atoms with E-state index < -0.39 is 6.04 Å². The standard InChI is InChI=1S/C21H24N4O3.ClH/c22-18(12-15-4-2-1-3-5-15)20(27)24-13-16-6-8-17(9-7-16)21(28)25-11-10-23-19(26)14-25;/h1-9,18H,10-14,22H2,(H,23,26)(H,24,27);1H/t18-;/m0./s1. The summed E-state index contributed by atoms with van der Waals surface area (Å²) in [4.78, 5) is 37.6.